The number of likely N-dealkylation sites (N-methyl/N-ethyl adjacent to an activating group) is 1. The highest BCUT2D eigenvalue weighted by molar-refractivity contribution is 7.89. The number of aryl methyl sites for hydroxylation is 1. The number of fused-ring (bicyclic) bond motifs is 1. The molecular weight excluding hydrogens is 354 g/mol. The number of benzene rings is 1. The highest BCUT2D eigenvalue weighted by atomic mass is 32.2. The van der Waals surface area contributed by atoms with Crippen LogP contribution in [0.25, 0.3) is 0 Å². The number of carbonyl (C=O) groups is 2. The monoisotopic (exact) mass is 377 g/mol. The van der Waals surface area contributed by atoms with Gasteiger partial charge >= 0.3 is 0 Å². The molecule has 7 nitrogen and oxygen atoms in total. The summed E-state index contributed by atoms with van der Waals surface area (Å²) >= 11 is 0. The molecule has 1 aromatic carbocycles. The first-order valence-corrected chi connectivity index (χ1v) is 10.5. The number of amides is 2. The van der Waals surface area contributed by atoms with Crippen molar-refractivity contribution in [1.29, 1.82) is 0 Å². The minimum Gasteiger partial charge on any atom is -0.344 e. The van der Waals surface area contributed by atoms with Gasteiger partial charge in [-0.2, -0.15) is 4.31 Å². The van der Waals surface area contributed by atoms with E-state index in [0.717, 1.165) is 12.0 Å². The molecule has 2 amide bonds. The Morgan fingerprint density at radius 1 is 1.08 bits per heavy atom. The lowest BCUT2D eigenvalue weighted by atomic mass is 9.87. The second-order valence-electron chi connectivity index (χ2n) is 7.41. The molecule has 0 saturated carbocycles. The van der Waals surface area contributed by atoms with Gasteiger partial charge in [-0.05, 0) is 55.9 Å². The van der Waals surface area contributed by atoms with Crippen LogP contribution in [0.4, 0.5) is 5.69 Å². The zero-order valence-electron chi connectivity index (χ0n) is 14.8. The third-order valence-electron chi connectivity index (χ3n) is 5.82. The van der Waals surface area contributed by atoms with Crippen molar-refractivity contribution in [2.75, 3.05) is 25.5 Å². The molecule has 1 unspecified atom stereocenters. The van der Waals surface area contributed by atoms with E-state index in [4.69, 9.17) is 0 Å². The Bertz CT molecular complexity index is 882. The van der Waals surface area contributed by atoms with Gasteiger partial charge in [-0.1, -0.05) is 0 Å². The van der Waals surface area contributed by atoms with Crippen molar-refractivity contribution >= 4 is 27.5 Å². The summed E-state index contributed by atoms with van der Waals surface area (Å²) in [6, 6.07) is 4.83. The molecule has 8 heteroatoms. The van der Waals surface area contributed by atoms with Gasteiger partial charge in [0, 0.05) is 32.2 Å². The van der Waals surface area contributed by atoms with Crippen LogP contribution in [0.5, 0.6) is 0 Å². The highest BCUT2D eigenvalue weighted by Gasteiger charge is 2.54. The molecule has 1 spiro atoms. The van der Waals surface area contributed by atoms with Crippen LogP contribution in [-0.2, 0) is 26.0 Å². The number of sulfonamides is 1. The molecule has 140 valence electrons. The quantitative estimate of drug-likeness (QED) is 0.843. The first kappa shape index (κ1) is 17.5. The van der Waals surface area contributed by atoms with Gasteiger partial charge in [0.2, 0.25) is 21.8 Å². The lowest BCUT2D eigenvalue weighted by Crippen LogP contribution is -2.60. The van der Waals surface area contributed by atoms with Crippen LogP contribution in [-0.4, -0.2) is 55.1 Å². The summed E-state index contributed by atoms with van der Waals surface area (Å²) in [5, 5.41) is 2.77. The van der Waals surface area contributed by atoms with Crippen LogP contribution in [0.2, 0.25) is 0 Å². The number of piperidine rings is 1. The molecule has 2 fully saturated rings. The average Bonchev–Trinajstić information content (AvgIpc) is 3.04. The summed E-state index contributed by atoms with van der Waals surface area (Å²) in [7, 11) is -2.03. The van der Waals surface area contributed by atoms with Gasteiger partial charge in [-0.15, -0.1) is 0 Å². The Morgan fingerprint density at radius 3 is 2.58 bits per heavy atom. The normalized spacial score (nSPS) is 26.9. The molecule has 4 rings (SSSR count). The standard InChI is InChI=1S/C18H23N3O4S/c1-20-10-2-8-18(17(20)23)9-3-11-21(18)26(24,25)14-5-6-15-13(12-14)4-7-16(22)19-15/h5-6,12H,2-4,7-11H2,1H3,(H,19,22). The van der Waals surface area contributed by atoms with Crippen LogP contribution in [0.3, 0.4) is 0 Å². The van der Waals surface area contributed by atoms with E-state index in [1.807, 2.05) is 0 Å². The fourth-order valence-electron chi connectivity index (χ4n) is 4.49. The van der Waals surface area contributed by atoms with E-state index in [0.29, 0.717) is 50.9 Å². The van der Waals surface area contributed by atoms with Crippen molar-refractivity contribution < 1.29 is 18.0 Å². The van der Waals surface area contributed by atoms with Crippen LogP contribution in [0.1, 0.15) is 37.7 Å². The molecular formula is C18H23N3O4S. The Kier molecular flexibility index (Phi) is 4.07. The fourth-order valence-corrected chi connectivity index (χ4v) is 6.36. The van der Waals surface area contributed by atoms with Crippen molar-refractivity contribution in [2.45, 2.75) is 49.0 Å². The van der Waals surface area contributed by atoms with Crippen LogP contribution < -0.4 is 5.32 Å². The molecule has 0 aliphatic carbocycles. The number of nitrogens with one attached hydrogen (secondary N) is 1. The predicted octanol–water partition coefficient (Wildman–Crippen LogP) is 1.35. The van der Waals surface area contributed by atoms with Gasteiger partial charge in [0.05, 0.1) is 4.90 Å². The third-order valence-corrected chi connectivity index (χ3v) is 7.78. The lowest BCUT2D eigenvalue weighted by molar-refractivity contribution is -0.142. The number of likely N-dealkylation sites (tertiary alicyclic amines) is 1. The summed E-state index contributed by atoms with van der Waals surface area (Å²) < 4.78 is 28.2. The van der Waals surface area contributed by atoms with Crippen LogP contribution in [0.15, 0.2) is 23.1 Å². The second-order valence-corrected chi connectivity index (χ2v) is 9.27. The number of hydrogen-bond donors (Lipinski definition) is 1. The molecule has 2 saturated heterocycles. The molecule has 26 heavy (non-hydrogen) atoms. The van der Waals surface area contributed by atoms with E-state index in [-0.39, 0.29) is 16.7 Å². The van der Waals surface area contributed by atoms with Gasteiger partial charge in [0.25, 0.3) is 0 Å². The van der Waals surface area contributed by atoms with Gasteiger partial charge < -0.3 is 10.2 Å². The molecule has 3 aliphatic rings. The summed E-state index contributed by atoms with van der Waals surface area (Å²) in [6.07, 6.45) is 3.54. The molecule has 3 aliphatic heterocycles. The summed E-state index contributed by atoms with van der Waals surface area (Å²) in [4.78, 5) is 26.2. The number of rotatable bonds is 2. The number of carbonyl (C=O) groups excluding carboxylic acids is 2. The Balaban J connectivity index is 1.72. The molecule has 1 N–H and O–H groups in total. The van der Waals surface area contributed by atoms with Crippen LogP contribution >= 0.6 is 0 Å². The zero-order valence-corrected chi connectivity index (χ0v) is 15.6. The Morgan fingerprint density at radius 2 is 1.81 bits per heavy atom. The zero-order chi connectivity index (χ0) is 18.5. The van der Waals surface area contributed by atoms with Crippen molar-refractivity contribution in [3.8, 4) is 0 Å². The van der Waals surface area contributed by atoms with Gasteiger partial charge in [-0.3, -0.25) is 9.59 Å². The van der Waals surface area contributed by atoms with Crippen molar-refractivity contribution in [3.05, 3.63) is 23.8 Å². The minimum atomic E-state index is -3.78. The summed E-state index contributed by atoms with van der Waals surface area (Å²) in [5.41, 5.74) is 0.562. The lowest BCUT2D eigenvalue weighted by Gasteiger charge is -2.42. The SMILES string of the molecule is CN1CCCC2(CCCN2S(=O)(=O)c2ccc3c(c2)CCC(=O)N3)C1=O. The maximum atomic E-state index is 13.4. The van der Waals surface area contributed by atoms with E-state index in [1.54, 1.807) is 24.1 Å². The highest BCUT2D eigenvalue weighted by Crippen LogP contribution is 2.41. The van der Waals surface area contributed by atoms with E-state index in [9.17, 15) is 18.0 Å². The maximum absolute atomic E-state index is 13.4. The first-order valence-electron chi connectivity index (χ1n) is 9.06. The number of nitrogens with zero attached hydrogens (tertiary/aromatic N) is 2. The largest absolute Gasteiger partial charge is 0.344 e. The minimum absolute atomic E-state index is 0.0533. The van der Waals surface area contributed by atoms with Gasteiger partial charge in [-0.25, -0.2) is 8.42 Å². The van der Waals surface area contributed by atoms with Crippen molar-refractivity contribution in [2.24, 2.45) is 0 Å². The van der Waals surface area contributed by atoms with E-state index in [1.165, 1.54) is 10.4 Å². The Hall–Kier alpha value is -1.93. The number of anilines is 1. The van der Waals surface area contributed by atoms with Crippen molar-refractivity contribution in [1.82, 2.24) is 9.21 Å². The second kappa shape index (κ2) is 6.06. The predicted molar refractivity (Wildman–Crippen MR) is 96.1 cm³/mol. The third kappa shape index (κ3) is 2.54. The smallest absolute Gasteiger partial charge is 0.244 e. The molecule has 3 heterocycles. The molecule has 1 aromatic rings. The van der Waals surface area contributed by atoms with E-state index >= 15 is 0 Å². The molecule has 0 aromatic heterocycles. The van der Waals surface area contributed by atoms with Gasteiger partial charge in [0.15, 0.2) is 0 Å². The average molecular weight is 377 g/mol. The maximum Gasteiger partial charge on any atom is 0.244 e. The van der Waals surface area contributed by atoms with E-state index < -0.39 is 15.6 Å². The molecule has 0 radical (unpaired) electrons. The van der Waals surface area contributed by atoms with Crippen molar-refractivity contribution in [3.63, 3.8) is 0 Å². The summed E-state index contributed by atoms with van der Waals surface area (Å²) in [6.45, 7) is 1.04. The van der Waals surface area contributed by atoms with Crippen LogP contribution in [0, 0.1) is 0 Å². The van der Waals surface area contributed by atoms with E-state index in [2.05, 4.69) is 5.32 Å². The topological polar surface area (TPSA) is 86.8 Å². The number of hydrogen-bond acceptors (Lipinski definition) is 4. The first-order chi connectivity index (χ1) is 12.3. The summed E-state index contributed by atoms with van der Waals surface area (Å²) in [5.74, 6) is -0.141. The Labute approximate surface area is 153 Å². The fraction of sp³-hybridized carbons (Fsp3) is 0.556. The molecule has 0 bridgehead atoms. The van der Waals surface area contributed by atoms with Gasteiger partial charge in [0.1, 0.15) is 5.54 Å². The molecule has 1 atom stereocenters.